The Morgan fingerprint density at radius 3 is 2.07 bits per heavy atom. The van der Waals surface area contributed by atoms with Crippen LogP contribution in [0.25, 0.3) is 11.6 Å². The van der Waals surface area contributed by atoms with Crippen molar-refractivity contribution in [2.45, 2.75) is 0 Å². The van der Waals surface area contributed by atoms with Gasteiger partial charge in [0.25, 0.3) is 0 Å². The van der Waals surface area contributed by atoms with Crippen molar-refractivity contribution in [1.29, 1.82) is 0 Å². The second-order valence-electron chi connectivity index (χ2n) is 6.59. The molecule has 0 aliphatic carbocycles. The van der Waals surface area contributed by atoms with E-state index in [1.807, 2.05) is 60.7 Å². The van der Waals surface area contributed by atoms with E-state index in [0.29, 0.717) is 0 Å². The minimum atomic E-state index is -4.56. The van der Waals surface area contributed by atoms with E-state index in [9.17, 15) is 8.42 Å². The Bertz CT molecular complexity index is 1140. The summed E-state index contributed by atoms with van der Waals surface area (Å²) < 4.78 is 35.1. The molecular weight excluding hydrogens is 402 g/mol. The molecule has 3 aromatic rings. The summed E-state index contributed by atoms with van der Waals surface area (Å²) in [4.78, 5) is 0. The lowest BCUT2D eigenvalue weighted by Gasteiger charge is -2.10. The molecular formula is C22H21N3O4S. The lowest BCUT2D eigenvalue weighted by Crippen LogP contribution is -2.06. The van der Waals surface area contributed by atoms with Crippen LogP contribution in [0.15, 0.2) is 89.2 Å². The van der Waals surface area contributed by atoms with E-state index >= 15 is 0 Å². The first-order valence-corrected chi connectivity index (χ1v) is 10.4. The van der Waals surface area contributed by atoms with Crippen LogP contribution in [-0.2, 0) is 10.4 Å². The third kappa shape index (κ3) is 6.26. The number of rotatable bonds is 7. The van der Waals surface area contributed by atoms with E-state index in [2.05, 4.69) is 14.5 Å². The molecule has 0 heterocycles. The zero-order valence-corrected chi connectivity index (χ0v) is 17.3. The fourth-order valence-corrected chi connectivity index (χ4v) is 3.06. The highest BCUT2D eigenvalue weighted by Gasteiger charge is 2.09. The lowest BCUT2D eigenvalue weighted by molar-refractivity contribution is 0.387. The molecule has 8 heteroatoms. The predicted octanol–water partition coefficient (Wildman–Crippen LogP) is 5.02. The number of hydrogen-bond donors (Lipinski definition) is 1. The summed E-state index contributed by atoms with van der Waals surface area (Å²) in [6, 6.07) is 23.9. The standard InChI is InChI=1S/C22H21N3O4S/c1-25(2)24-23-20-12-8-17(9-13-20)16-22(18-6-4-3-5-7-18)19-10-14-21(15-11-19)29-30(26,27)28/h3-16H,1-2H3,(H,26,27,28)/b22-16-,24-23?. The highest BCUT2D eigenvalue weighted by atomic mass is 32.3. The maximum absolute atomic E-state index is 10.9. The molecule has 0 aliphatic heterocycles. The van der Waals surface area contributed by atoms with Crippen molar-refractivity contribution in [2.24, 2.45) is 10.3 Å². The van der Waals surface area contributed by atoms with Crippen LogP contribution in [0.3, 0.4) is 0 Å². The van der Waals surface area contributed by atoms with E-state index in [4.69, 9.17) is 4.55 Å². The molecule has 3 rings (SSSR count). The van der Waals surface area contributed by atoms with E-state index in [1.165, 1.54) is 12.1 Å². The third-order valence-corrected chi connectivity index (χ3v) is 4.40. The van der Waals surface area contributed by atoms with Crippen molar-refractivity contribution in [3.05, 3.63) is 95.6 Å². The Hall–Kier alpha value is -3.49. The second kappa shape index (κ2) is 9.34. The summed E-state index contributed by atoms with van der Waals surface area (Å²) in [5, 5.41) is 9.73. The molecule has 0 saturated carbocycles. The average molecular weight is 423 g/mol. The van der Waals surface area contributed by atoms with Crippen molar-refractivity contribution in [1.82, 2.24) is 5.01 Å². The summed E-state index contributed by atoms with van der Waals surface area (Å²) in [5.41, 5.74) is 4.51. The minimum Gasteiger partial charge on any atom is -0.362 e. The van der Waals surface area contributed by atoms with Gasteiger partial charge in [0.1, 0.15) is 5.75 Å². The molecule has 1 N–H and O–H groups in total. The summed E-state index contributed by atoms with van der Waals surface area (Å²) in [5.74, 6) is 0.0317. The Morgan fingerprint density at radius 1 is 0.900 bits per heavy atom. The Labute approximate surface area is 175 Å². The van der Waals surface area contributed by atoms with Crippen LogP contribution in [0, 0.1) is 0 Å². The zero-order valence-electron chi connectivity index (χ0n) is 16.5. The van der Waals surface area contributed by atoms with Gasteiger partial charge in [0.2, 0.25) is 0 Å². The first kappa shape index (κ1) is 21.2. The Balaban J connectivity index is 1.96. The first-order valence-electron chi connectivity index (χ1n) is 9.04. The van der Waals surface area contributed by atoms with Crippen LogP contribution in [0.4, 0.5) is 5.69 Å². The molecule has 154 valence electrons. The van der Waals surface area contributed by atoms with Gasteiger partial charge in [0.15, 0.2) is 0 Å². The largest absolute Gasteiger partial charge is 0.446 e. The van der Waals surface area contributed by atoms with Gasteiger partial charge in [-0.3, -0.25) is 9.56 Å². The van der Waals surface area contributed by atoms with Gasteiger partial charge in [-0.15, -0.1) is 5.11 Å². The zero-order chi connectivity index (χ0) is 21.6. The topological polar surface area (TPSA) is 91.6 Å². The summed E-state index contributed by atoms with van der Waals surface area (Å²) in [6.45, 7) is 0. The molecule has 0 saturated heterocycles. The number of hydrogen-bond acceptors (Lipinski definition) is 5. The molecule has 0 unspecified atom stereocenters. The molecule has 3 aromatic carbocycles. The highest BCUT2D eigenvalue weighted by molar-refractivity contribution is 7.81. The molecule has 0 fully saturated rings. The van der Waals surface area contributed by atoms with Gasteiger partial charge in [-0.25, -0.2) is 0 Å². The van der Waals surface area contributed by atoms with E-state index in [1.54, 1.807) is 31.2 Å². The molecule has 0 aromatic heterocycles. The molecule has 0 spiro atoms. The van der Waals surface area contributed by atoms with Crippen LogP contribution in [-0.4, -0.2) is 32.1 Å². The second-order valence-corrected chi connectivity index (χ2v) is 7.61. The van der Waals surface area contributed by atoms with Crippen molar-refractivity contribution in [3.63, 3.8) is 0 Å². The number of benzene rings is 3. The molecule has 0 bridgehead atoms. The molecule has 0 aliphatic rings. The summed E-state index contributed by atoms with van der Waals surface area (Å²) >= 11 is 0. The van der Waals surface area contributed by atoms with E-state index in [-0.39, 0.29) is 5.75 Å². The Morgan fingerprint density at radius 2 is 1.50 bits per heavy atom. The van der Waals surface area contributed by atoms with Crippen molar-refractivity contribution < 1.29 is 17.2 Å². The monoisotopic (exact) mass is 423 g/mol. The normalized spacial score (nSPS) is 12.2. The fourth-order valence-electron chi connectivity index (χ4n) is 2.71. The van der Waals surface area contributed by atoms with Crippen LogP contribution < -0.4 is 4.18 Å². The third-order valence-electron chi connectivity index (χ3n) is 3.99. The molecule has 0 radical (unpaired) electrons. The van der Waals surface area contributed by atoms with Crippen LogP contribution in [0.5, 0.6) is 5.75 Å². The van der Waals surface area contributed by atoms with Crippen molar-refractivity contribution in [2.75, 3.05) is 14.1 Å². The first-order chi connectivity index (χ1) is 14.3. The maximum Gasteiger partial charge on any atom is 0.446 e. The quantitative estimate of drug-likeness (QED) is 0.249. The highest BCUT2D eigenvalue weighted by Crippen LogP contribution is 2.28. The van der Waals surface area contributed by atoms with Crippen molar-refractivity contribution >= 4 is 27.7 Å². The maximum atomic E-state index is 10.9. The molecule has 7 nitrogen and oxygen atoms in total. The lowest BCUT2D eigenvalue weighted by atomic mass is 9.95. The summed E-state index contributed by atoms with van der Waals surface area (Å²) in [7, 11) is -0.950. The van der Waals surface area contributed by atoms with Gasteiger partial charge < -0.3 is 4.18 Å². The van der Waals surface area contributed by atoms with Gasteiger partial charge in [0, 0.05) is 14.1 Å². The smallest absolute Gasteiger partial charge is 0.362 e. The van der Waals surface area contributed by atoms with E-state index < -0.39 is 10.4 Å². The predicted molar refractivity (Wildman–Crippen MR) is 117 cm³/mol. The van der Waals surface area contributed by atoms with Gasteiger partial charge in [-0.2, -0.15) is 8.42 Å². The fraction of sp³-hybridized carbons (Fsp3) is 0.0909. The van der Waals surface area contributed by atoms with Gasteiger partial charge in [-0.1, -0.05) is 59.8 Å². The van der Waals surface area contributed by atoms with Crippen LogP contribution >= 0.6 is 0 Å². The van der Waals surface area contributed by atoms with E-state index in [0.717, 1.165) is 28.0 Å². The number of nitrogens with zero attached hydrogens (tertiary/aromatic N) is 3. The Kier molecular flexibility index (Phi) is 6.61. The van der Waals surface area contributed by atoms with Crippen LogP contribution in [0.1, 0.15) is 16.7 Å². The van der Waals surface area contributed by atoms with Gasteiger partial charge in [-0.05, 0) is 52.6 Å². The minimum absolute atomic E-state index is 0.0317. The molecule has 30 heavy (non-hydrogen) atoms. The molecule has 0 amide bonds. The summed E-state index contributed by atoms with van der Waals surface area (Å²) in [6.07, 6.45) is 2.03. The van der Waals surface area contributed by atoms with Gasteiger partial charge >= 0.3 is 10.4 Å². The average Bonchev–Trinajstić information content (AvgIpc) is 2.71. The van der Waals surface area contributed by atoms with Crippen molar-refractivity contribution in [3.8, 4) is 5.75 Å². The SMILES string of the molecule is CN(C)N=Nc1ccc(/C=C(/c2ccccc2)c2ccc(OS(=O)(=O)O)cc2)cc1. The van der Waals surface area contributed by atoms with Crippen LogP contribution in [0.2, 0.25) is 0 Å². The van der Waals surface area contributed by atoms with Gasteiger partial charge in [0.05, 0.1) is 5.69 Å². The molecule has 0 atom stereocenters.